The fraction of sp³-hybridized carbons (Fsp3) is 1.00. The van der Waals surface area contributed by atoms with Crippen molar-refractivity contribution in [2.24, 2.45) is 5.73 Å². The molecule has 2 N–H and O–H groups in total. The van der Waals surface area contributed by atoms with Crippen molar-refractivity contribution >= 4 is 23.5 Å². The van der Waals surface area contributed by atoms with Crippen LogP contribution in [0.5, 0.6) is 0 Å². The predicted octanol–water partition coefficient (Wildman–Crippen LogP) is 2.21. The van der Waals surface area contributed by atoms with Crippen LogP contribution in [0.3, 0.4) is 0 Å². The molecule has 0 saturated carbocycles. The zero-order valence-electron chi connectivity index (χ0n) is 7.51. The molecule has 1 atom stereocenters. The molecule has 0 amide bonds. The van der Waals surface area contributed by atoms with Crippen molar-refractivity contribution in [2.75, 3.05) is 23.5 Å². The van der Waals surface area contributed by atoms with E-state index in [1.807, 2.05) is 23.5 Å². The molecule has 0 aliphatic heterocycles. The molecule has 0 fully saturated rings. The van der Waals surface area contributed by atoms with Gasteiger partial charge in [0.2, 0.25) is 0 Å². The highest BCUT2D eigenvalue weighted by Crippen LogP contribution is 2.07. The number of hydrogen-bond donors (Lipinski definition) is 1. The van der Waals surface area contributed by atoms with Crippen LogP contribution in [0.2, 0.25) is 0 Å². The Morgan fingerprint density at radius 3 is 2.55 bits per heavy atom. The molecule has 68 valence electrons. The smallest absolute Gasteiger partial charge is 0.00183 e. The normalized spacial score (nSPS) is 13.4. The number of nitrogens with two attached hydrogens (primary N) is 1. The minimum absolute atomic E-state index is 0.378. The predicted molar refractivity (Wildman–Crippen MR) is 58.6 cm³/mol. The molecule has 1 unspecified atom stereocenters. The Labute approximate surface area is 78.9 Å². The third-order valence-corrected chi connectivity index (χ3v) is 3.15. The summed E-state index contributed by atoms with van der Waals surface area (Å²) in [4.78, 5) is 0. The molecular weight excluding hydrogens is 174 g/mol. The highest BCUT2D eigenvalue weighted by molar-refractivity contribution is 7.99. The fourth-order valence-electron chi connectivity index (χ4n) is 0.677. The first-order valence-corrected chi connectivity index (χ1v) is 6.64. The summed E-state index contributed by atoms with van der Waals surface area (Å²) in [6.07, 6.45) is 4.65. The fourth-order valence-corrected chi connectivity index (χ4v) is 2.38. The second-order valence-corrected chi connectivity index (χ2v) is 4.94. The third kappa shape index (κ3) is 10.7. The van der Waals surface area contributed by atoms with Gasteiger partial charge in [-0.3, -0.25) is 0 Å². The van der Waals surface area contributed by atoms with Crippen LogP contribution < -0.4 is 5.73 Å². The zero-order chi connectivity index (χ0) is 8.53. The average molecular weight is 193 g/mol. The number of hydrogen-bond acceptors (Lipinski definition) is 3. The maximum atomic E-state index is 5.62. The summed E-state index contributed by atoms with van der Waals surface area (Å²) in [5, 5.41) is 0. The molecule has 1 nitrogen and oxygen atoms in total. The first kappa shape index (κ1) is 11.7. The van der Waals surface area contributed by atoms with Crippen molar-refractivity contribution in [1.29, 1.82) is 0 Å². The van der Waals surface area contributed by atoms with Crippen LogP contribution in [0, 0.1) is 0 Å². The molecule has 0 radical (unpaired) electrons. The lowest BCUT2D eigenvalue weighted by Crippen LogP contribution is -2.15. The minimum atomic E-state index is 0.378. The van der Waals surface area contributed by atoms with Gasteiger partial charge in [-0.25, -0.2) is 0 Å². The number of thioether (sulfide) groups is 2. The van der Waals surface area contributed by atoms with Gasteiger partial charge in [-0.05, 0) is 43.3 Å². The quantitative estimate of drug-likeness (QED) is 0.628. The van der Waals surface area contributed by atoms with Crippen molar-refractivity contribution in [3.8, 4) is 0 Å². The monoisotopic (exact) mass is 193 g/mol. The molecule has 0 aliphatic carbocycles. The van der Waals surface area contributed by atoms with E-state index < -0.39 is 0 Å². The van der Waals surface area contributed by atoms with Crippen LogP contribution in [0.4, 0.5) is 0 Å². The maximum Gasteiger partial charge on any atom is 0.00183 e. The van der Waals surface area contributed by atoms with E-state index in [2.05, 4.69) is 13.2 Å². The van der Waals surface area contributed by atoms with Gasteiger partial charge in [0.1, 0.15) is 0 Å². The van der Waals surface area contributed by atoms with E-state index in [-0.39, 0.29) is 0 Å². The summed E-state index contributed by atoms with van der Waals surface area (Å²) >= 11 is 3.96. The summed E-state index contributed by atoms with van der Waals surface area (Å²) < 4.78 is 0. The molecule has 0 saturated heterocycles. The molecule has 0 rings (SSSR count). The van der Waals surface area contributed by atoms with Gasteiger partial charge in [0, 0.05) is 6.04 Å². The molecule has 0 aromatic rings. The van der Waals surface area contributed by atoms with E-state index in [9.17, 15) is 0 Å². The van der Waals surface area contributed by atoms with E-state index >= 15 is 0 Å². The van der Waals surface area contributed by atoms with Crippen LogP contribution in [0.15, 0.2) is 0 Å². The van der Waals surface area contributed by atoms with Crippen molar-refractivity contribution < 1.29 is 0 Å². The Morgan fingerprint density at radius 2 is 2.00 bits per heavy atom. The molecule has 11 heavy (non-hydrogen) atoms. The molecule has 0 aromatic heterocycles. The standard InChI is InChI=1S/C8H19NS2/c1-8(9)4-7-11-6-3-5-10-2/h8H,3-7,9H2,1-2H3. The van der Waals surface area contributed by atoms with Crippen LogP contribution in [0.25, 0.3) is 0 Å². The first-order valence-electron chi connectivity index (χ1n) is 4.09. The van der Waals surface area contributed by atoms with Crippen molar-refractivity contribution in [1.82, 2.24) is 0 Å². The maximum absolute atomic E-state index is 5.62. The van der Waals surface area contributed by atoms with Gasteiger partial charge in [-0.2, -0.15) is 23.5 Å². The Hall–Kier alpha value is 0.660. The molecule has 0 aliphatic rings. The zero-order valence-corrected chi connectivity index (χ0v) is 9.14. The topological polar surface area (TPSA) is 26.0 Å². The molecule has 0 bridgehead atoms. The summed E-state index contributed by atoms with van der Waals surface area (Å²) in [5.41, 5.74) is 5.62. The summed E-state index contributed by atoms with van der Waals surface area (Å²) in [6.45, 7) is 2.07. The molecule has 0 aromatic carbocycles. The van der Waals surface area contributed by atoms with Gasteiger partial charge in [0.05, 0.1) is 0 Å². The van der Waals surface area contributed by atoms with Crippen LogP contribution in [-0.4, -0.2) is 29.6 Å². The second kappa shape index (κ2) is 8.75. The van der Waals surface area contributed by atoms with Crippen molar-refractivity contribution in [3.63, 3.8) is 0 Å². The molecular formula is C8H19NS2. The van der Waals surface area contributed by atoms with E-state index in [0.29, 0.717) is 6.04 Å². The first-order chi connectivity index (χ1) is 5.27. The summed E-state index contributed by atoms with van der Waals surface area (Å²) in [5.74, 6) is 3.82. The van der Waals surface area contributed by atoms with Crippen LogP contribution >= 0.6 is 23.5 Å². The summed E-state index contributed by atoms with van der Waals surface area (Å²) in [6, 6.07) is 0.378. The Balaban J connectivity index is 2.80. The second-order valence-electron chi connectivity index (χ2n) is 2.72. The lowest BCUT2D eigenvalue weighted by atomic mass is 10.3. The van der Waals surface area contributed by atoms with E-state index in [4.69, 9.17) is 5.73 Å². The van der Waals surface area contributed by atoms with Crippen LogP contribution in [-0.2, 0) is 0 Å². The van der Waals surface area contributed by atoms with Gasteiger partial charge < -0.3 is 5.73 Å². The van der Waals surface area contributed by atoms with Crippen molar-refractivity contribution in [2.45, 2.75) is 25.8 Å². The lowest BCUT2D eigenvalue weighted by molar-refractivity contribution is 0.721. The van der Waals surface area contributed by atoms with Gasteiger partial charge in [0.15, 0.2) is 0 Å². The summed E-state index contributed by atoms with van der Waals surface area (Å²) in [7, 11) is 0. The van der Waals surface area contributed by atoms with Gasteiger partial charge in [-0.1, -0.05) is 0 Å². The SMILES string of the molecule is CSCCCSCCC(C)N. The lowest BCUT2D eigenvalue weighted by Gasteiger charge is -2.03. The largest absolute Gasteiger partial charge is 0.328 e. The Kier molecular flexibility index (Phi) is 9.28. The molecule has 0 spiro atoms. The van der Waals surface area contributed by atoms with E-state index in [1.165, 1.54) is 23.7 Å². The van der Waals surface area contributed by atoms with Gasteiger partial charge in [0.25, 0.3) is 0 Å². The third-order valence-electron chi connectivity index (χ3n) is 1.35. The highest BCUT2D eigenvalue weighted by Gasteiger charge is 1.93. The van der Waals surface area contributed by atoms with E-state index in [1.54, 1.807) is 0 Å². The van der Waals surface area contributed by atoms with Crippen LogP contribution in [0.1, 0.15) is 19.8 Å². The van der Waals surface area contributed by atoms with Crippen molar-refractivity contribution in [3.05, 3.63) is 0 Å². The molecule has 0 heterocycles. The average Bonchev–Trinajstić information content (AvgIpc) is 1.96. The minimum Gasteiger partial charge on any atom is -0.328 e. The highest BCUT2D eigenvalue weighted by atomic mass is 32.2. The Morgan fingerprint density at radius 1 is 1.27 bits per heavy atom. The number of rotatable bonds is 7. The molecule has 3 heteroatoms. The Bertz CT molecular complexity index is 76.5. The van der Waals surface area contributed by atoms with E-state index in [0.717, 1.165) is 6.42 Å². The van der Waals surface area contributed by atoms with Gasteiger partial charge in [-0.15, -0.1) is 0 Å². The van der Waals surface area contributed by atoms with Gasteiger partial charge >= 0.3 is 0 Å².